The fourth-order valence-corrected chi connectivity index (χ4v) is 10.2. The summed E-state index contributed by atoms with van der Waals surface area (Å²) in [6.45, 7) is 0. The monoisotopic (exact) mass is 755 g/mol. The summed E-state index contributed by atoms with van der Waals surface area (Å²) >= 11 is 1.85. The Morgan fingerprint density at radius 3 is 1.55 bits per heavy atom. The van der Waals surface area contributed by atoms with E-state index in [1.807, 2.05) is 60.3 Å². The third-order valence-corrected chi connectivity index (χ3v) is 12.8. The predicted molar refractivity (Wildman–Crippen MR) is 235 cm³/mol. The van der Waals surface area contributed by atoms with Crippen molar-refractivity contribution >= 4 is 11.8 Å². The topological polar surface area (TPSA) is 49.6 Å². The molecule has 8 aromatic carbocycles. The van der Waals surface area contributed by atoms with Gasteiger partial charge >= 0.3 is 0 Å². The van der Waals surface area contributed by atoms with E-state index in [4.69, 9.17) is 9.97 Å². The van der Waals surface area contributed by atoms with E-state index in [9.17, 15) is 5.26 Å². The van der Waals surface area contributed by atoms with E-state index in [1.165, 1.54) is 43.2 Å². The van der Waals surface area contributed by atoms with Crippen LogP contribution in [0.2, 0.25) is 0 Å². The Balaban J connectivity index is 1.08. The molecule has 0 atom stereocenters. The number of aromatic nitrogens is 2. The van der Waals surface area contributed by atoms with E-state index in [0.29, 0.717) is 11.4 Å². The molecule has 0 radical (unpaired) electrons. The standard InChI is InChI=1S/C54H33N3S/c55-34-35-22-24-37(25-23-35)42-16-11-19-46-52(42)43-31-30-41(32-47(43)54(46)44-17-7-9-20-50(44)58-51-21-10-8-18-45(51)54)36-26-28-40(29-27-36)53-56-48(38-12-3-1-4-13-38)33-49(57-53)39-14-5-2-6-15-39/h1-33H. The molecule has 3 nitrogen and oxygen atoms in total. The zero-order chi connectivity index (χ0) is 38.6. The average Bonchev–Trinajstić information content (AvgIpc) is 3.59. The summed E-state index contributed by atoms with van der Waals surface area (Å²) in [7, 11) is 0. The molecule has 1 aliphatic heterocycles. The second-order valence-corrected chi connectivity index (χ2v) is 15.9. The smallest absolute Gasteiger partial charge is 0.160 e. The fourth-order valence-electron chi connectivity index (χ4n) is 8.99. The molecule has 0 unspecified atom stereocenters. The lowest BCUT2D eigenvalue weighted by molar-refractivity contribution is 0.723. The molecular formula is C54H33N3S. The molecule has 11 rings (SSSR count). The Kier molecular flexibility index (Phi) is 8.03. The van der Waals surface area contributed by atoms with E-state index in [0.717, 1.165) is 50.3 Å². The molecule has 58 heavy (non-hydrogen) atoms. The van der Waals surface area contributed by atoms with Gasteiger partial charge in [0.1, 0.15) is 0 Å². The molecule has 0 fully saturated rings. The van der Waals surface area contributed by atoms with Crippen LogP contribution in [0.1, 0.15) is 27.8 Å². The normalized spacial score (nSPS) is 12.9. The highest BCUT2D eigenvalue weighted by molar-refractivity contribution is 7.99. The first-order valence-corrected chi connectivity index (χ1v) is 20.3. The highest BCUT2D eigenvalue weighted by Crippen LogP contribution is 2.63. The fraction of sp³-hybridized carbons (Fsp3) is 0.0185. The van der Waals surface area contributed by atoms with Crippen LogP contribution in [0.5, 0.6) is 0 Å². The minimum absolute atomic E-state index is 0.527. The largest absolute Gasteiger partial charge is 0.228 e. The number of nitriles is 1. The van der Waals surface area contributed by atoms with E-state index in [-0.39, 0.29) is 0 Å². The number of benzene rings is 8. The van der Waals surface area contributed by atoms with Crippen LogP contribution in [0.4, 0.5) is 0 Å². The van der Waals surface area contributed by atoms with Gasteiger partial charge in [0.15, 0.2) is 5.82 Å². The van der Waals surface area contributed by atoms with Crippen molar-refractivity contribution in [3.63, 3.8) is 0 Å². The Hall–Kier alpha value is -7.32. The molecule has 2 aliphatic rings. The zero-order valence-electron chi connectivity index (χ0n) is 31.3. The van der Waals surface area contributed by atoms with Gasteiger partial charge in [0.05, 0.1) is 28.4 Å². The molecule has 0 saturated heterocycles. The van der Waals surface area contributed by atoms with Crippen molar-refractivity contribution in [2.24, 2.45) is 0 Å². The van der Waals surface area contributed by atoms with E-state index < -0.39 is 5.41 Å². The number of hydrogen-bond acceptors (Lipinski definition) is 4. The summed E-state index contributed by atoms with van der Waals surface area (Å²) in [5, 5.41) is 9.58. The minimum atomic E-state index is -0.527. The molecule has 0 N–H and O–H groups in total. The third kappa shape index (κ3) is 5.36. The Morgan fingerprint density at radius 2 is 0.931 bits per heavy atom. The lowest BCUT2D eigenvalue weighted by Gasteiger charge is -2.39. The highest BCUT2D eigenvalue weighted by atomic mass is 32.2. The number of fused-ring (bicyclic) bond motifs is 9. The van der Waals surface area contributed by atoms with Crippen LogP contribution in [0.3, 0.4) is 0 Å². The lowest BCUT2D eigenvalue weighted by atomic mass is 9.67. The first-order valence-electron chi connectivity index (χ1n) is 19.5. The van der Waals surface area contributed by atoms with Gasteiger partial charge in [-0.1, -0.05) is 176 Å². The first kappa shape index (κ1) is 34.0. The number of nitrogens with zero attached hydrogens (tertiary/aromatic N) is 3. The van der Waals surface area contributed by atoms with E-state index >= 15 is 0 Å². The van der Waals surface area contributed by atoms with Crippen LogP contribution in [0.25, 0.3) is 67.3 Å². The second kappa shape index (κ2) is 13.7. The highest BCUT2D eigenvalue weighted by Gasteiger charge is 2.50. The molecule has 0 bridgehead atoms. The van der Waals surface area contributed by atoms with E-state index in [2.05, 4.69) is 158 Å². The number of rotatable bonds is 5. The quantitative estimate of drug-likeness (QED) is 0.175. The molecule has 9 aromatic rings. The maximum Gasteiger partial charge on any atom is 0.160 e. The molecule has 270 valence electrons. The molecular weight excluding hydrogens is 723 g/mol. The maximum atomic E-state index is 9.58. The van der Waals surface area contributed by atoms with Crippen molar-refractivity contribution in [1.82, 2.24) is 9.97 Å². The summed E-state index contributed by atoms with van der Waals surface area (Å²) in [6.07, 6.45) is 0. The molecule has 1 spiro atoms. The van der Waals surface area contributed by atoms with Crippen molar-refractivity contribution in [3.8, 4) is 73.4 Å². The van der Waals surface area contributed by atoms with Crippen LogP contribution in [-0.4, -0.2) is 9.97 Å². The van der Waals surface area contributed by atoms with Crippen LogP contribution in [0.15, 0.2) is 210 Å². The summed E-state index contributed by atoms with van der Waals surface area (Å²) in [5.41, 5.74) is 17.1. The Morgan fingerprint density at radius 1 is 0.397 bits per heavy atom. The van der Waals surface area contributed by atoms with Crippen molar-refractivity contribution in [2.75, 3.05) is 0 Å². The van der Waals surface area contributed by atoms with Crippen molar-refractivity contribution in [2.45, 2.75) is 15.2 Å². The van der Waals surface area contributed by atoms with Gasteiger partial charge in [-0.15, -0.1) is 0 Å². The molecule has 0 amide bonds. The summed E-state index contributed by atoms with van der Waals surface area (Å²) in [4.78, 5) is 12.7. The third-order valence-electron chi connectivity index (χ3n) is 11.6. The summed E-state index contributed by atoms with van der Waals surface area (Å²) < 4.78 is 0. The lowest BCUT2D eigenvalue weighted by Crippen LogP contribution is -2.32. The van der Waals surface area contributed by atoms with Gasteiger partial charge in [-0.2, -0.15) is 5.26 Å². The average molecular weight is 756 g/mol. The zero-order valence-corrected chi connectivity index (χ0v) is 32.1. The van der Waals surface area contributed by atoms with Gasteiger partial charge in [0.2, 0.25) is 0 Å². The van der Waals surface area contributed by atoms with Crippen LogP contribution in [-0.2, 0) is 5.41 Å². The van der Waals surface area contributed by atoms with Gasteiger partial charge in [-0.3, -0.25) is 0 Å². The van der Waals surface area contributed by atoms with Gasteiger partial charge in [0, 0.05) is 26.5 Å². The van der Waals surface area contributed by atoms with E-state index in [1.54, 1.807) is 0 Å². The first-order chi connectivity index (χ1) is 28.7. The van der Waals surface area contributed by atoms with Crippen molar-refractivity contribution in [1.29, 1.82) is 5.26 Å². The molecule has 2 heterocycles. The van der Waals surface area contributed by atoms with Gasteiger partial charge in [-0.05, 0) is 92.0 Å². The van der Waals surface area contributed by atoms with Crippen LogP contribution < -0.4 is 0 Å². The van der Waals surface area contributed by atoms with Gasteiger partial charge < -0.3 is 0 Å². The predicted octanol–water partition coefficient (Wildman–Crippen LogP) is 13.5. The molecule has 1 aliphatic carbocycles. The van der Waals surface area contributed by atoms with Crippen molar-refractivity contribution in [3.05, 3.63) is 228 Å². The molecule has 0 saturated carbocycles. The van der Waals surface area contributed by atoms with Gasteiger partial charge in [-0.25, -0.2) is 9.97 Å². The molecule has 1 aromatic heterocycles. The second-order valence-electron chi connectivity index (χ2n) is 14.8. The Labute approximate surface area is 342 Å². The Bertz CT molecular complexity index is 2970. The SMILES string of the molecule is N#Cc1ccc(-c2cccc3c2-c2ccc(-c4ccc(-c5nc(-c6ccccc6)cc(-c6ccccc6)n5)cc4)cc2C32c3ccccc3Sc3ccccc32)cc1. The maximum absolute atomic E-state index is 9.58. The minimum Gasteiger partial charge on any atom is -0.228 e. The number of hydrogen-bond donors (Lipinski definition) is 0. The van der Waals surface area contributed by atoms with Gasteiger partial charge in [0.25, 0.3) is 0 Å². The van der Waals surface area contributed by atoms with Crippen LogP contribution >= 0.6 is 11.8 Å². The summed E-state index contributed by atoms with van der Waals surface area (Å²) in [6, 6.07) is 73.3. The summed E-state index contributed by atoms with van der Waals surface area (Å²) in [5.74, 6) is 0.693. The van der Waals surface area contributed by atoms with Crippen LogP contribution in [0, 0.1) is 11.3 Å². The van der Waals surface area contributed by atoms with Crippen molar-refractivity contribution < 1.29 is 0 Å². The molecule has 4 heteroatoms.